The molecule has 0 aliphatic rings. The predicted molar refractivity (Wildman–Crippen MR) is 76.3 cm³/mol. The van der Waals surface area contributed by atoms with Gasteiger partial charge in [0.15, 0.2) is 6.61 Å². The largest absolute Gasteiger partial charge is 0.496 e. The SMILES string of the molecule is CC.CC.COc1cc(C)c(OCC#N)cc1C. The van der Waals surface area contributed by atoms with Crippen molar-refractivity contribution in [2.45, 2.75) is 41.5 Å². The number of hydrogen-bond donors (Lipinski definition) is 0. The van der Waals surface area contributed by atoms with E-state index in [1.165, 1.54) is 0 Å². The molecule has 0 bridgehead atoms. The number of nitrogens with zero attached hydrogens (tertiary/aromatic N) is 1. The summed E-state index contributed by atoms with van der Waals surface area (Å²) in [5.41, 5.74) is 1.98. The van der Waals surface area contributed by atoms with Crippen molar-refractivity contribution in [3.8, 4) is 17.6 Å². The van der Waals surface area contributed by atoms with E-state index in [0.717, 1.165) is 22.6 Å². The molecule has 0 saturated heterocycles. The van der Waals surface area contributed by atoms with Crippen molar-refractivity contribution in [1.82, 2.24) is 0 Å². The number of hydrogen-bond acceptors (Lipinski definition) is 3. The van der Waals surface area contributed by atoms with E-state index >= 15 is 0 Å². The molecule has 18 heavy (non-hydrogen) atoms. The summed E-state index contributed by atoms with van der Waals surface area (Å²) in [6.45, 7) is 11.9. The number of aryl methyl sites for hydroxylation is 2. The van der Waals surface area contributed by atoms with Crippen molar-refractivity contribution in [1.29, 1.82) is 5.26 Å². The predicted octanol–water partition coefficient (Wildman–Crippen LogP) is 4.27. The van der Waals surface area contributed by atoms with Crippen molar-refractivity contribution in [3.05, 3.63) is 23.3 Å². The lowest BCUT2D eigenvalue weighted by Gasteiger charge is -2.10. The summed E-state index contributed by atoms with van der Waals surface area (Å²) in [5.74, 6) is 1.58. The van der Waals surface area contributed by atoms with E-state index in [9.17, 15) is 0 Å². The van der Waals surface area contributed by atoms with Crippen LogP contribution in [0.1, 0.15) is 38.8 Å². The standard InChI is InChI=1S/C11H13NO2.2C2H6/c1-8-7-11(14-5-4-12)9(2)6-10(8)13-3;2*1-2/h6-7H,5H2,1-3H3;2*1-2H3. The molecular formula is C15H25NO2. The molecule has 3 nitrogen and oxygen atoms in total. The zero-order valence-corrected chi connectivity index (χ0v) is 12.6. The molecule has 1 rings (SSSR count). The zero-order chi connectivity index (χ0) is 14.6. The van der Waals surface area contributed by atoms with Gasteiger partial charge in [0.2, 0.25) is 0 Å². The summed E-state index contributed by atoms with van der Waals surface area (Å²) < 4.78 is 10.4. The molecule has 0 saturated carbocycles. The topological polar surface area (TPSA) is 42.2 Å². The minimum Gasteiger partial charge on any atom is -0.496 e. The van der Waals surface area contributed by atoms with Crippen LogP contribution in [-0.2, 0) is 0 Å². The van der Waals surface area contributed by atoms with E-state index < -0.39 is 0 Å². The van der Waals surface area contributed by atoms with Gasteiger partial charge in [-0.15, -0.1) is 0 Å². The minimum atomic E-state index is 0.0760. The fourth-order valence-corrected chi connectivity index (χ4v) is 1.25. The van der Waals surface area contributed by atoms with Crippen LogP contribution in [-0.4, -0.2) is 13.7 Å². The van der Waals surface area contributed by atoms with Gasteiger partial charge < -0.3 is 9.47 Å². The Morgan fingerprint density at radius 2 is 1.44 bits per heavy atom. The van der Waals surface area contributed by atoms with Gasteiger partial charge in [-0.05, 0) is 37.1 Å². The lowest BCUT2D eigenvalue weighted by molar-refractivity contribution is 0.362. The maximum absolute atomic E-state index is 8.39. The highest BCUT2D eigenvalue weighted by Gasteiger charge is 2.05. The van der Waals surface area contributed by atoms with Gasteiger partial charge in [-0.2, -0.15) is 5.26 Å². The van der Waals surface area contributed by atoms with Crippen LogP contribution in [0.5, 0.6) is 11.5 Å². The highest BCUT2D eigenvalue weighted by atomic mass is 16.5. The quantitative estimate of drug-likeness (QED) is 0.805. The first-order valence-corrected chi connectivity index (χ1v) is 6.34. The lowest BCUT2D eigenvalue weighted by atomic mass is 10.1. The van der Waals surface area contributed by atoms with E-state index in [4.69, 9.17) is 14.7 Å². The summed E-state index contributed by atoms with van der Waals surface area (Å²) in [6, 6.07) is 5.72. The molecule has 0 heterocycles. The Kier molecular flexibility index (Phi) is 12.2. The van der Waals surface area contributed by atoms with Crippen molar-refractivity contribution < 1.29 is 9.47 Å². The van der Waals surface area contributed by atoms with Gasteiger partial charge in [0.1, 0.15) is 17.6 Å². The second kappa shape index (κ2) is 11.8. The van der Waals surface area contributed by atoms with E-state index in [-0.39, 0.29) is 6.61 Å². The summed E-state index contributed by atoms with van der Waals surface area (Å²) >= 11 is 0. The van der Waals surface area contributed by atoms with Gasteiger partial charge in [-0.3, -0.25) is 0 Å². The molecule has 0 aliphatic carbocycles. The first kappa shape index (κ1) is 18.7. The van der Waals surface area contributed by atoms with Crippen LogP contribution < -0.4 is 9.47 Å². The van der Waals surface area contributed by atoms with Crippen LogP contribution in [0.15, 0.2) is 12.1 Å². The molecule has 0 aliphatic heterocycles. The first-order chi connectivity index (χ1) is 8.69. The average Bonchev–Trinajstić information content (AvgIpc) is 2.43. The summed E-state index contributed by atoms with van der Waals surface area (Å²) in [6.07, 6.45) is 0. The van der Waals surface area contributed by atoms with E-state index in [0.29, 0.717) is 0 Å². The highest BCUT2D eigenvalue weighted by Crippen LogP contribution is 2.27. The number of benzene rings is 1. The molecule has 0 radical (unpaired) electrons. The molecule has 1 aromatic carbocycles. The molecule has 0 spiro atoms. The van der Waals surface area contributed by atoms with Crippen LogP contribution in [0.2, 0.25) is 0 Å². The summed E-state index contributed by atoms with van der Waals surface area (Å²) in [5, 5.41) is 8.39. The zero-order valence-electron chi connectivity index (χ0n) is 12.6. The third-order valence-electron chi connectivity index (χ3n) is 1.98. The Bertz CT molecular complexity index is 367. The molecule has 3 heteroatoms. The highest BCUT2D eigenvalue weighted by molar-refractivity contribution is 5.45. The van der Waals surface area contributed by atoms with Gasteiger partial charge >= 0.3 is 0 Å². The van der Waals surface area contributed by atoms with Crippen molar-refractivity contribution in [2.75, 3.05) is 13.7 Å². The Hall–Kier alpha value is -1.69. The van der Waals surface area contributed by atoms with Gasteiger partial charge in [0, 0.05) is 0 Å². The van der Waals surface area contributed by atoms with Gasteiger partial charge in [0.05, 0.1) is 7.11 Å². The molecule has 0 unspecified atom stereocenters. The summed E-state index contributed by atoms with van der Waals surface area (Å²) in [4.78, 5) is 0. The number of ether oxygens (including phenoxy) is 2. The molecule has 1 aromatic rings. The Balaban J connectivity index is 0. The Morgan fingerprint density at radius 1 is 1.00 bits per heavy atom. The van der Waals surface area contributed by atoms with Gasteiger partial charge in [-0.25, -0.2) is 0 Å². The first-order valence-electron chi connectivity index (χ1n) is 6.34. The average molecular weight is 251 g/mol. The minimum absolute atomic E-state index is 0.0760. The fraction of sp³-hybridized carbons (Fsp3) is 0.533. The Morgan fingerprint density at radius 3 is 1.89 bits per heavy atom. The van der Waals surface area contributed by atoms with Crippen LogP contribution >= 0.6 is 0 Å². The molecule has 0 fully saturated rings. The third-order valence-corrected chi connectivity index (χ3v) is 1.98. The smallest absolute Gasteiger partial charge is 0.174 e. The van der Waals surface area contributed by atoms with Crippen molar-refractivity contribution >= 4 is 0 Å². The van der Waals surface area contributed by atoms with E-state index in [1.54, 1.807) is 7.11 Å². The molecular weight excluding hydrogens is 226 g/mol. The second-order valence-electron chi connectivity index (χ2n) is 3.03. The van der Waals surface area contributed by atoms with Crippen LogP contribution in [0.25, 0.3) is 0 Å². The van der Waals surface area contributed by atoms with Crippen LogP contribution in [0, 0.1) is 25.2 Å². The molecule has 102 valence electrons. The third kappa shape index (κ3) is 6.15. The number of nitriles is 1. The maximum Gasteiger partial charge on any atom is 0.174 e. The molecule has 0 atom stereocenters. The number of methoxy groups -OCH3 is 1. The van der Waals surface area contributed by atoms with E-state index in [2.05, 4.69) is 0 Å². The lowest BCUT2D eigenvalue weighted by Crippen LogP contribution is -1.97. The number of rotatable bonds is 3. The van der Waals surface area contributed by atoms with Gasteiger partial charge in [0.25, 0.3) is 0 Å². The maximum atomic E-state index is 8.39. The fourth-order valence-electron chi connectivity index (χ4n) is 1.25. The van der Waals surface area contributed by atoms with Crippen molar-refractivity contribution in [3.63, 3.8) is 0 Å². The van der Waals surface area contributed by atoms with Gasteiger partial charge in [-0.1, -0.05) is 27.7 Å². The second-order valence-corrected chi connectivity index (χ2v) is 3.03. The molecule has 0 aromatic heterocycles. The van der Waals surface area contributed by atoms with Crippen LogP contribution in [0.3, 0.4) is 0 Å². The summed E-state index contributed by atoms with van der Waals surface area (Å²) in [7, 11) is 1.64. The molecule has 0 N–H and O–H groups in total. The Labute approximate surface area is 111 Å². The van der Waals surface area contributed by atoms with Crippen LogP contribution in [0.4, 0.5) is 0 Å². The molecule has 0 amide bonds. The normalized spacial score (nSPS) is 7.89. The van der Waals surface area contributed by atoms with E-state index in [1.807, 2.05) is 59.7 Å². The monoisotopic (exact) mass is 251 g/mol. The van der Waals surface area contributed by atoms with Crippen molar-refractivity contribution in [2.24, 2.45) is 0 Å².